The number of hydrogen-bond donors (Lipinski definition) is 1. The smallest absolute Gasteiger partial charge is 0.277 e. The van der Waals surface area contributed by atoms with E-state index in [0.717, 1.165) is 11.1 Å². The Labute approximate surface area is 170 Å². The van der Waals surface area contributed by atoms with Gasteiger partial charge in [-0.3, -0.25) is 9.78 Å². The quantitative estimate of drug-likeness (QED) is 0.574. The highest BCUT2D eigenvalue weighted by molar-refractivity contribution is 8.00. The molecule has 0 spiro atoms. The van der Waals surface area contributed by atoms with Crippen LogP contribution in [0, 0.1) is 0 Å². The summed E-state index contributed by atoms with van der Waals surface area (Å²) in [4.78, 5) is 16.4. The van der Waals surface area contributed by atoms with Crippen molar-refractivity contribution in [3.05, 3.63) is 58.3 Å². The Morgan fingerprint density at radius 2 is 1.89 bits per heavy atom. The van der Waals surface area contributed by atoms with E-state index in [-0.39, 0.29) is 11.9 Å². The molecule has 140 valence electrons. The molecule has 2 heterocycles. The Morgan fingerprint density at radius 3 is 2.59 bits per heavy atom. The molecule has 0 fully saturated rings. The standard InChI is InChI=1S/C18H16Cl2N4O2S/c1-10(14-4-3-13(19)9-15(14)20)22-16(25)11(2)27-18-24-23-17(26-18)12-5-7-21-8-6-12/h3-11H,1-2H3,(H,22,25). The predicted octanol–water partition coefficient (Wildman–Crippen LogP) is 4.80. The molecule has 0 saturated heterocycles. The molecule has 0 aliphatic heterocycles. The molecule has 0 aliphatic rings. The fraction of sp³-hybridized carbons (Fsp3) is 0.222. The number of thioether (sulfide) groups is 1. The second-order valence-electron chi connectivity index (χ2n) is 5.77. The van der Waals surface area contributed by atoms with Crippen molar-refractivity contribution in [3.63, 3.8) is 0 Å². The Kier molecular flexibility index (Phi) is 6.36. The molecule has 6 nitrogen and oxygen atoms in total. The van der Waals surface area contributed by atoms with Crippen LogP contribution in [0.3, 0.4) is 0 Å². The summed E-state index contributed by atoms with van der Waals surface area (Å²) in [6.45, 7) is 3.63. The minimum Gasteiger partial charge on any atom is -0.411 e. The zero-order valence-corrected chi connectivity index (χ0v) is 16.8. The van der Waals surface area contributed by atoms with Gasteiger partial charge in [-0.15, -0.1) is 10.2 Å². The van der Waals surface area contributed by atoms with E-state index in [1.807, 2.05) is 6.92 Å². The molecule has 0 bridgehead atoms. The van der Waals surface area contributed by atoms with Crippen LogP contribution in [0.4, 0.5) is 0 Å². The summed E-state index contributed by atoms with van der Waals surface area (Å²) in [5, 5.41) is 11.9. The molecule has 27 heavy (non-hydrogen) atoms. The summed E-state index contributed by atoms with van der Waals surface area (Å²) < 4.78 is 5.61. The van der Waals surface area contributed by atoms with E-state index in [2.05, 4.69) is 20.5 Å². The summed E-state index contributed by atoms with van der Waals surface area (Å²) in [7, 11) is 0. The molecule has 1 aromatic carbocycles. The second kappa shape index (κ2) is 8.73. The van der Waals surface area contributed by atoms with Crippen molar-refractivity contribution in [2.24, 2.45) is 0 Å². The number of halogens is 2. The van der Waals surface area contributed by atoms with Crippen molar-refractivity contribution in [2.75, 3.05) is 0 Å². The van der Waals surface area contributed by atoms with Crippen LogP contribution < -0.4 is 5.32 Å². The third-order valence-corrected chi connectivity index (χ3v) is 5.26. The molecule has 2 aromatic heterocycles. The van der Waals surface area contributed by atoms with Crippen LogP contribution >= 0.6 is 35.0 Å². The maximum Gasteiger partial charge on any atom is 0.277 e. The van der Waals surface area contributed by atoms with Gasteiger partial charge in [0.15, 0.2) is 0 Å². The van der Waals surface area contributed by atoms with Gasteiger partial charge in [0.2, 0.25) is 11.8 Å². The highest BCUT2D eigenvalue weighted by atomic mass is 35.5. The van der Waals surface area contributed by atoms with Gasteiger partial charge in [0, 0.05) is 28.0 Å². The third kappa shape index (κ3) is 5.00. The van der Waals surface area contributed by atoms with Crippen LogP contribution in [0.1, 0.15) is 25.5 Å². The number of carbonyl (C=O) groups is 1. The molecule has 0 radical (unpaired) electrons. The fourth-order valence-electron chi connectivity index (χ4n) is 2.33. The number of hydrogen-bond acceptors (Lipinski definition) is 6. The molecule has 1 amide bonds. The number of amides is 1. The first-order valence-electron chi connectivity index (χ1n) is 8.10. The van der Waals surface area contributed by atoms with E-state index in [4.69, 9.17) is 27.6 Å². The van der Waals surface area contributed by atoms with Crippen molar-refractivity contribution < 1.29 is 9.21 Å². The number of benzene rings is 1. The molecular formula is C18H16Cl2N4O2S. The van der Waals surface area contributed by atoms with E-state index in [1.54, 1.807) is 49.6 Å². The zero-order chi connectivity index (χ0) is 19.4. The number of carbonyl (C=O) groups excluding carboxylic acids is 1. The van der Waals surface area contributed by atoms with Crippen LogP contribution in [-0.2, 0) is 4.79 Å². The lowest BCUT2D eigenvalue weighted by Gasteiger charge is -2.18. The van der Waals surface area contributed by atoms with Gasteiger partial charge in [0.05, 0.1) is 11.3 Å². The Morgan fingerprint density at radius 1 is 1.15 bits per heavy atom. The lowest BCUT2D eigenvalue weighted by molar-refractivity contribution is -0.120. The van der Waals surface area contributed by atoms with Gasteiger partial charge in [-0.2, -0.15) is 0 Å². The molecule has 0 saturated carbocycles. The number of nitrogens with zero attached hydrogens (tertiary/aromatic N) is 3. The number of aromatic nitrogens is 3. The molecule has 0 aliphatic carbocycles. The Bertz CT molecular complexity index is 936. The van der Waals surface area contributed by atoms with Crippen LogP contribution in [-0.4, -0.2) is 26.3 Å². The van der Waals surface area contributed by atoms with Crippen LogP contribution in [0.25, 0.3) is 11.5 Å². The molecule has 2 atom stereocenters. The topological polar surface area (TPSA) is 80.9 Å². The Balaban J connectivity index is 1.61. The van der Waals surface area contributed by atoms with Crippen molar-refractivity contribution in [2.45, 2.75) is 30.4 Å². The van der Waals surface area contributed by atoms with Gasteiger partial charge < -0.3 is 9.73 Å². The summed E-state index contributed by atoms with van der Waals surface area (Å²) in [6, 6.07) is 8.47. The van der Waals surface area contributed by atoms with Crippen molar-refractivity contribution in [1.82, 2.24) is 20.5 Å². The Hall–Kier alpha value is -2.09. The van der Waals surface area contributed by atoms with E-state index < -0.39 is 5.25 Å². The largest absolute Gasteiger partial charge is 0.411 e. The van der Waals surface area contributed by atoms with Crippen molar-refractivity contribution in [1.29, 1.82) is 0 Å². The summed E-state index contributed by atoms with van der Waals surface area (Å²) in [6.07, 6.45) is 3.29. The van der Waals surface area contributed by atoms with Gasteiger partial charge in [-0.05, 0) is 43.7 Å². The lowest BCUT2D eigenvalue weighted by atomic mass is 10.1. The SMILES string of the molecule is CC(Sc1nnc(-c2ccncc2)o1)C(=O)NC(C)c1ccc(Cl)cc1Cl. The van der Waals surface area contributed by atoms with Crippen molar-refractivity contribution >= 4 is 40.9 Å². The van der Waals surface area contributed by atoms with E-state index in [9.17, 15) is 4.79 Å². The maximum absolute atomic E-state index is 12.5. The fourth-order valence-corrected chi connectivity index (χ4v) is 3.60. The molecular weight excluding hydrogens is 407 g/mol. The van der Waals surface area contributed by atoms with E-state index in [0.29, 0.717) is 21.2 Å². The second-order valence-corrected chi connectivity index (χ2v) is 7.90. The van der Waals surface area contributed by atoms with Crippen LogP contribution in [0.15, 0.2) is 52.4 Å². The highest BCUT2D eigenvalue weighted by Gasteiger charge is 2.21. The molecule has 3 rings (SSSR count). The van der Waals surface area contributed by atoms with Gasteiger partial charge in [0.1, 0.15) is 0 Å². The number of pyridine rings is 1. The van der Waals surface area contributed by atoms with Crippen molar-refractivity contribution in [3.8, 4) is 11.5 Å². The molecule has 1 N–H and O–H groups in total. The summed E-state index contributed by atoms with van der Waals surface area (Å²) in [5.74, 6) is 0.219. The average molecular weight is 423 g/mol. The number of rotatable bonds is 6. The highest BCUT2D eigenvalue weighted by Crippen LogP contribution is 2.28. The normalized spacial score (nSPS) is 13.2. The monoisotopic (exact) mass is 422 g/mol. The summed E-state index contributed by atoms with van der Waals surface area (Å²) >= 11 is 13.3. The third-order valence-electron chi connectivity index (χ3n) is 3.77. The molecule has 2 unspecified atom stereocenters. The van der Waals surface area contributed by atoms with Gasteiger partial charge >= 0.3 is 0 Å². The minimum atomic E-state index is -0.427. The van der Waals surface area contributed by atoms with E-state index >= 15 is 0 Å². The van der Waals surface area contributed by atoms with Gasteiger partial charge in [-0.25, -0.2) is 0 Å². The zero-order valence-electron chi connectivity index (χ0n) is 14.5. The van der Waals surface area contributed by atoms with Gasteiger partial charge in [0.25, 0.3) is 5.22 Å². The van der Waals surface area contributed by atoms with Crippen LogP contribution in [0.5, 0.6) is 0 Å². The number of nitrogens with one attached hydrogen (secondary N) is 1. The molecule has 9 heteroatoms. The first-order chi connectivity index (χ1) is 12.9. The first-order valence-corrected chi connectivity index (χ1v) is 9.73. The minimum absolute atomic E-state index is 0.165. The summed E-state index contributed by atoms with van der Waals surface area (Å²) in [5.41, 5.74) is 1.57. The van der Waals surface area contributed by atoms with E-state index in [1.165, 1.54) is 11.8 Å². The lowest BCUT2D eigenvalue weighted by Crippen LogP contribution is -2.33. The first kappa shape index (κ1) is 19.7. The van der Waals surface area contributed by atoms with Crippen LogP contribution in [0.2, 0.25) is 10.0 Å². The average Bonchev–Trinajstić information content (AvgIpc) is 3.10. The predicted molar refractivity (Wildman–Crippen MR) is 106 cm³/mol. The van der Waals surface area contributed by atoms with Gasteiger partial charge in [-0.1, -0.05) is 41.0 Å². The maximum atomic E-state index is 12.5. The molecule has 3 aromatic rings.